The standard InChI is InChI=1S/C13H9F2NO2S/c14-10-2-1-3-11(15)9(10)7-19-8-4-5-16-12(6-8)13(17)18/h1-6H,7H2,(H,17,18). The Kier molecular flexibility index (Phi) is 4.11. The van der Waals surface area contributed by atoms with Gasteiger partial charge in [-0.3, -0.25) is 0 Å². The second-order valence-electron chi connectivity index (χ2n) is 3.67. The zero-order chi connectivity index (χ0) is 13.8. The molecule has 0 amide bonds. The fourth-order valence-electron chi connectivity index (χ4n) is 1.44. The van der Waals surface area contributed by atoms with E-state index in [1.165, 1.54) is 30.5 Å². The molecule has 2 rings (SSSR count). The molecule has 0 aliphatic heterocycles. The van der Waals surface area contributed by atoms with Gasteiger partial charge < -0.3 is 5.11 Å². The molecule has 0 atom stereocenters. The molecule has 0 aliphatic carbocycles. The van der Waals surface area contributed by atoms with Crippen molar-refractivity contribution < 1.29 is 18.7 Å². The fourth-order valence-corrected chi connectivity index (χ4v) is 2.38. The maximum atomic E-state index is 13.4. The van der Waals surface area contributed by atoms with Crippen molar-refractivity contribution in [2.75, 3.05) is 0 Å². The van der Waals surface area contributed by atoms with Crippen molar-refractivity contribution in [3.63, 3.8) is 0 Å². The number of nitrogens with zero attached hydrogens (tertiary/aromatic N) is 1. The Bertz CT molecular complexity index is 599. The van der Waals surface area contributed by atoms with E-state index >= 15 is 0 Å². The molecule has 6 heteroatoms. The first-order valence-corrected chi connectivity index (χ1v) is 6.31. The van der Waals surface area contributed by atoms with E-state index in [2.05, 4.69) is 4.98 Å². The molecule has 0 saturated carbocycles. The van der Waals surface area contributed by atoms with Gasteiger partial charge in [-0.1, -0.05) is 6.07 Å². The van der Waals surface area contributed by atoms with Crippen LogP contribution in [-0.4, -0.2) is 16.1 Å². The highest BCUT2D eigenvalue weighted by atomic mass is 32.2. The lowest BCUT2D eigenvalue weighted by molar-refractivity contribution is 0.0690. The van der Waals surface area contributed by atoms with E-state index in [-0.39, 0.29) is 17.0 Å². The van der Waals surface area contributed by atoms with Gasteiger partial charge in [-0.25, -0.2) is 18.6 Å². The van der Waals surface area contributed by atoms with E-state index in [0.29, 0.717) is 4.90 Å². The minimum Gasteiger partial charge on any atom is -0.477 e. The molecule has 0 aliphatic rings. The molecule has 1 aromatic carbocycles. The third-order valence-corrected chi connectivity index (χ3v) is 3.42. The van der Waals surface area contributed by atoms with Gasteiger partial charge in [0.25, 0.3) is 0 Å². The number of aromatic carboxylic acids is 1. The van der Waals surface area contributed by atoms with E-state index in [9.17, 15) is 13.6 Å². The van der Waals surface area contributed by atoms with Crippen molar-refractivity contribution >= 4 is 17.7 Å². The van der Waals surface area contributed by atoms with E-state index in [1.54, 1.807) is 6.07 Å². The highest BCUT2D eigenvalue weighted by molar-refractivity contribution is 7.98. The Morgan fingerprint density at radius 2 is 1.95 bits per heavy atom. The summed E-state index contributed by atoms with van der Waals surface area (Å²) < 4.78 is 26.8. The first-order valence-electron chi connectivity index (χ1n) is 5.33. The first-order chi connectivity index (χ1) is 9.08. The van der Waals surface area contributed by atoms with Gasteiger partial charge in [0.05, 0.1) is 0 Å². The van der Waals surface area contributed by atoms with Crippen LogP contribution in [0.2, 0.25) is 0 Å². The predicted molar refractivity (Wildman–Crippen MR) is 67.1 cm³/mol. The van der Waals surface area contributed by atoms with Crippen molar-refractivity contribution in [2.45, 2.75) is 10.6 Å². The Hall–Kier alpha value is -1.95. The van der Waals surface area contributed by atoms with Crippen LogP contribution in [0, 0.1) is 11.6 Å². The Labute approximate surface area is 112 Å². The van der Waals surface area contributed by atoms with E-state index in [0.717, 1.165) is 11.8 Å². The van der Waals surface area contributed by atoms with Crippen LogP contribution < -0.4 is 0 Å². The summed E-state index contributed by atoms with van der Waals surface area (Å²) in [4.78, 5) is 15.0. The van der Waals surface area contributed by atoms with Gasteiger partial charge in [-0.15, -0.1) is 11.8 Å². The normalized spacial score (nSPS) is 10.4. The van der Waals surface area contributed by atoms with Crippen LogP contribution in [0.3, 0.4) is 0 Å². The highest BCUT2D eigenvalue weighted by Gasteiger charge is 2.10. The summed E-state index contributed by atoms with van der Waals surface area (Å²) in [7, 11) is 0. The smallest absolute Gasteiger partial charge is 0.354 e. The minimum absolute atomic E-state index is 0.0267. The van der Waals surface area contributed by atoms with Gasteiger partial charge >= 0.3 is 5.97 Å². The van der Waals surface area contributed by atoms with Crippen LogP contribution in [0.5, 0.6) is 0 Å². The van der Waals surface area contributed by atoms with Crippen molar-refractivity contribution in [1.29, 1.82) is 0 Å². The van der Waals surface area contributed by atoms with Crippen molar-refractivity contribution in [2.24, 2.45) is 0 Å². The quantitative estimate of drug-likeness (QED) is 0.873. The maximum Gasteiger partial charge on any atom is 0.354 e. The molecule has 98 valence electrons. The molecule has 0 unspecified atom stereocenters. The second kappa shape index (κ2) is 5.79. The summed E-state index contributed by atoms with van der Waals surface area (Å²) >= 11 is 1.15. The minimum atomic E-state index is -1.14. The van der Waals surface area contributed by atoms with Gasteiger partial charge in [0.2, 0.25) is 0 Å². The molecule has 0 saturated heterocycles. The average molecular weight is 281 g/mol. The van der Waals surface area contributed by atoms with Gasteiger partial charge in [-0.2, -0.15) is 0 Å². The number of carbonyl (C=O) groups is 1. The fraction of sp³-hybridized carbons (Fsp3) is 0.0769. The second-order valence-corrected chi connectivity index (χ2v) is 4.72. The summed E-state index contributed by atoms with van der Waals surface area (Å²) in [6.07, 6.45) is 1.35. The molecule has 0 spiro atoms. The number of thioether (sulfide) groups is 1. The van der Waals surface area contributed by atoms with Crippen LogP contribution in [0.25, 0.3) is 0 Å². The zero-order valence-electron chi connectivity index (χ0n) is 9.64. The molecule has 1 heterocycles. The van der Waals surface area contributed by atoms with Gasteiger partial charge in [0, 0.05) is 22.4 Å². The molecule has 1 aromatic heterocycles. The summed E-state index contributed by atoms with van der Waals surface area (Å²) in [5.41, 5.74) is -0.125. The Balaban J connectivity index is 2.15. The largest absolute Gasteiger partial charge is 0.477 e. The molecule has 1 N–H and O–H groups in total. The molecule has 0 bridgehead atoms. The number of carboxylic acids is 1. The van der Waals surface area contributed by atoms with Crippen LogP contribution in [0.1, 0.15) is 16.1 Å². The lowest BCUT2D eigenvalue weighted by Crippen LogP contribution is -1.99. The SMILES string of the molecule is O=C(O)c1cc(SCc2c(F)cccc2F)ccn1. The lowest BCUT2D eigenvalue weighted by atomic mass is 10.2. The number of carboxylic acid groups (broad SMARTS) is 1. The number of aromatic nitrogens is 1. The van der Waals surface area contributed by atoms with Crippen molar-refractivity contribution in [3.8, 4) is 0 Å². The molecule has 19 heavy (non-hydrogen) atoms. The van der Waals surface area contributed by atoms with Gasteiger partial charge in [-0.05, 0) is 24.3 Å². The van der Waals surface area contributed by atoms with Crippen molar-refractivity contribution in [1.82, 2.24) is 4.98 Å². The van der Waals surface area contributed by atoms with Gasteiger partial charge in [0.15, 0.2) is 0 Å². The molecule has 2 aromatic rings. The maximum absolute atomic E-state index is 13.4. The number of rotatable bonds is 4. The van der Waals surface area contributed by atoms with E-state index < -0.39 is 17.6 Å². The van der Waals surface area contributed by atoms with Crippen LogP contribution in [-0.2, 0) is 5.75 Å². The highest BCUT2D eigenvalue weighted by Crippen LogP contribution is 2.25. The summed E-state index contributed by atoms with van der Waals surface area (Å²) in [5, 5.41) is 8.79. The van der Waals surface area contributed by atoms with Crippen LogP contribution in [0.4, 0.5) is 8.78 Å². The van der Waals surface area contributed by atoms with Crippen LogP contribution >= 0.6 is 11.8 Å². The average Bonchev–Trinajstić information content (AvgIpc) is 2.38. The predicted octanol–water partition coefficient (Wildman–Crippen LogP) is 3.35. The van der Waals surface area contributed by atoms with Gasteiger partial charge in [0.1, 0.15) is 17.3 Å². The Morgan fingerprint density at radius 3 is 2.58 bits per heavy atom. The molecular weight excluding hydrogens is 272 g/mol. The zero-order valence-corrected chi connectivity index (χ0v) is 10.5. The molecule has 0 radical (unpaired) electrons. The number of hydrogen-bond donors (Lipinski definition) is 1. The summed E-state index contributed by atoms with van der Waals surface area (Å²) in [5.74, 6) is -2.28. The number of hydrogen-bond acceptors (Lipinski definition) is 3. The Morgan fingerprint density at radius 1 is 1.26 bits per heavy atom. The number of benzene rings is 1. The van der Waals surface area contributed by atoms with E-state index in [1.807, 2.05) is 0 Å². The third-order valence-electron chi connectivity index (χ3n) is 2.40. The van der Waals surface area contributed by atoms with E-state index in [4.69, 9.17) is 5.11 Å². The number of halogens is 2. The number of pyridine rings is 1. The van der Waals surface area contributed by atoms with Crippen molar-refractivity contribution in [3.05, 3.63) is 59.4 Å². The topological polar surface area (TPSA) is 50.2 Å². The monoisotopic (exact) mass is 281 g/mol. The summed E-state index contributed by atoms with van der Waals surface area (Å²) in [6, 6.07) is 6.64. The third kappa shape index (κ3) is 3.29. The molecule has 0 fully saturated rings. The first kappa shape index (κ1) is 13.5. The molecular formula is C13H9F2NO2S. The molecule has 3 nitrogen and oxygen atoms in total. The summed E-state index contributed by atoms with van der Waals surface area (Å²) in [6.45, 7) is 0. The lowest BCUT2D eigenvalue weighted by Gasteiger charge is -2.05. The van der Waals surface area contributed by atoms with Crippen LogP contribution in [0.15, 0.2) is 41.4 Å².